The van der Waals surface area contributed by atoms with Crippen molar-refractivity contribution < 1.29 is 22.8 Å². The fourth-order valence-corrected chi connectivity index (χ4v) is 3.42. The van der Waals surface area contributed by atoms with Gasteiger partial charge in [0.25, 0.3) is 5.56 Å². The van der Waals surface area contributed by atoms with Crippen LogP contribution < -0.4 is 15.0 Å². The molecular formula is C21H20F2N2O4. The van der Waals surface area contributed by atoms with Gasteiger partial charge in [-0.25, -0.2) is 13.8 Å². The Kier molecular flexibility index (Phi) is 5.59. The lowest BCUT2D eigenvalue weighted by Gasteiger charge is -2.16. The summed E-state index contributed by atoms with van der Waals surface area (Å²) in [5, 5.41) is 2.14. The first kappa shape index (κ1) is 19.2. The topological polar surface area (TPSA) is 77.3 Å². The van der Waals surface area contributed by atoms with E-state index >= 15 is 0 Å². The number of ether oxygens (including phenoxy) is 2. The predicted octanol–water partition coefficient (Wildman–Crippen LogP) is 4.25. The second-order valence-corrected chi connectivity index (χ2v) is 6.93. The van der Waals surface area contributed by atoms with Gasteiger partial charge in [0.1, 0.15) is 11.9 Å². The van der Waals surface area contributed by atoms with Crippen molar-refractivity contribution >= 4 is 0 Å². The number of hydrogen-bond donors (Lipinski definition) is 1. The summed E-state index contributed by atoms with van der Waals surface area (Å²) in [5.74, 6) is -1.42. The van der Waals surface area contributed by atoms with Gasteiger partial charge in [0, 0.05) is 24.2 Å². The van der Waals surface area contributed by atoms with Crippen molar-refractivity contribution in [2.75, 3.05) is 6.61 Å². The molecule has 1 aromatic carbocycles. The molecule has 0 bridgehead atoms. The third kappa shape index (κ3) is 4.47. The highest BCUT2D eigenvalue weighted by Crippen LogP contribution is 2.34. The molecule has 1 saturated carbocycles. The largest absolute Gasteiger partial charge is 0.487 e. The Labute approximate surface area is 165 Å². The van der Waals surface area contributed by atoms with E-state index in [2.05, 4.69) is 10.1 Å². The first-order valence-electron chi connectivity index (χ1n) is 9.51. The Morgan fingerprint density at radius 3 is 2.62 bits per heavy atom. The smallest absolute Gasteiger partial charge is 0.280 e. The molecule has 4 rings (SSSR count). The Morgan fingerprint density at radius 1 is 1.17 bits per heavy atom. The maximum atomic E-state index is 14.6. The molecule has 2 heterocycles. The Balaban J connectivity index is 1.51. The molecule has 3 aromatic rings. The summed E-state index contributed by atoms with van der Waals surface area (Å²) in [6, 6.07) is 7.08. The van der Waals surface area contributed by atoms with Crippen molar-refractivity contribution in [3.05, 3.63) is 64.3 Å². The van der Waals surface area contributed by atoms with Crippen LogP contribution in [0.1, 0.15) is 31.4 Å². The van der Waals surface area contributed by atoms with Gasteiger partial charge in [-0.3, -0.25) is 4.79 Å². The third-order valence-electron chi connectivity index (χ3n) is 4.83. The Hall–Kier alpha value is -3.16. The molecule has 0 radical (unpaired) electrons. The first-order chi connectivity index (χ1) is 14.1. The molecule has 1 N–H and O–H groups in total. The average Bonchev–Trinajstić information content (AvgIpc) is 3.36. The maximum absolute atomic E-state index is 14.6. The molecule has 0 amide bonds. The molecule has 0 unspecified atom stereocenters. The zero-order chi connectivity index (χ0) is 20.2. The standard InChI is InChI=1S/C21H20F2N2O4/c22-17-10-13(16-6-3-8-24-21(16)28-14-4-1-2-5-14)11-18(23)20(17)27-9-7-15-12-19(26)25-29-15/h3,6,8,10-12,14H,1-2,4-5,7,9H2,(H,25,26). The van der Waals surface area contributed by atoms with E-state index in [1.54, 1.807) is 18.3 Å². The highest BCUT2D eigenvalue weighted by molar-refractivity contribution is 5.69. The van der Waals surface area contributed by atoms with Gasteiger partial charge in [-0.2, -0.15) is 5.16 Å². The lowest BCUT2D eigenvalue weighted by atomic mass is 10.1. The molecule has 152 valence electrons. The Morgan fingerprint density at radius 2 is 1.93 bits per heavy atom. The second-order valence-electron chi connectivity index (χ2n) is 6.93. The number of aromatic amines is 1. The van der Waals surface area contributed by atoms with Crippen LogP contribution in [-0.2, 0) is 6.42 Å². The number of hydrogen-bond acceptors (Lipinski definition) is 5. The highest BCUT2D eigenvalue weighted by Gasteiger charge is 2.21. The molecule has 1 aliphatic rings. The Bertz CT molecular complexity index is 1020. The zero-order valence-electron chi connectivity index (χ0n) is 15.6. The normalized spacial score (nSPS) is 14.3. The number of pyridine rings is 1. The summed E-state index contributed by atoms with van der Waals surface area (Å²) < 4.78 is 45.2. The number of nitrogens with one attached hydrogen (secondary N) is 1. The number of aromatic nitrogens is 2. The molecular weight excluding hydrogens is 382 g/mol. The molecule has 1 fully saturated rings. The van der Waals surface area contributed by atoms with Crippen molar-refractivity contribution in [2.24, 2.45) is 0 Å². The fraction of sp³-hybridized carbons (Fsp3) is 0.333. The van der Waals surface area contributed by atoms with Gasteiger partial charge < -0.3 is 14.0 Å². The van der Waals surface area contributed by atoms with Crippen molar-refractivity contribution in [2.45, 2.75) is 38.2 Å². The number of rotatable bonds is 7. The second kappa shape index (κ2) is 8.46. The summed E-state index contributed by atoms with van der Waals surface area (Å²) in [5.41, 5.74) is 0.469. The van der Waals surface area contributed by atoms with Gasteiger partial charge in [0.2, 0.25) is 5.88 Å². The van der Waals surface area contributed by atoms with Crippen LogP contribution in [-0.4, -0.2) is 22.9 Å². The van der Waals surface area contributed by atoms with Crippen LogP contribution in [0.25, 0.3) is 11.1 Å². The van der Waals surface area contributed by atoms with Crippen LogP contribution in [0.3, 0.4) is 0 Å². The van der Waals surface area contributed by atoms with Crippen molar-refractivity contribution in [3.8, 4) is 22.8 Å². The van der Waals surface area contributed by atoms with Crippen molar-refractivity contribution in [1.82, 2.24) is 10.1 Å². The van der Waals surface area contributed by atoms with E-state index in [-0.39, 0.29) is 24.7 Å². The van der Waals surface area contributed by atoms with Gasteiger partial charge in [0.05, 0.1) is 6.61 Å². The number of nitrogens with zero attached hydrogens (tertiary/aromatic N) is 1. The van der Waals surface area contributed by atoms with Crippen LogP contribution in [0.15, 0.2) is 45.8 Å². The van der Waals surface area contributed by atoms with E-state index in [1.165, 1.54) is 18.2 Å². The van der Waals surface area contributed by atoms with E-state index in [4.69, 9.17) is 14.0 Å². The molecule has 0 atom stereocenters. The quantitative estimate of drug-likeness (QED) is 0.639. The SMILES string of the molecule is O=c1cc(CCOc2c(F)cc(-c3cccnc3OC3CCCC3)cc2F)o[nH]1. The molecule has 0 aliphatic heterocycles. The predicted molar refractivity (Wildman–Crippen MR) is 101 cm³/mol. The van der Waals surface area contributed by atoms with Gasteiger partial charge in [-0.05, 0) is 55.5 Å². The lowest BCUT2D eigenvalue weighted by Crippen LogP contribution is -2.12. The van der Waals surface area contributed by atoms with Crippen LogP contribution in [0, 0.1) is 11.6 Å². The van der Waals surface area contributed by atoms with E-state index in [0.29, 0.717) is 22.8 Å². The summed E-state index contributed by atoms with van der Waals surface area (Å²) in [6.45, 7) is -0.0447. The fourth-order valence-electron chi connectivity index (χ4n) is 3.42. The van der Waals surface area contributed by atoms with E-state index in [0.717, 1.165) is 25.7 Å². The van der Waals surface area contributed by atoms with Crippen molar-refractivity contribution in [1.29, 1.82) is 0 Å². The minimum Gasteiger partial charge on any atom is -0.487 e. The van der Waals surface area contributed by atoms with E-state index < -0.39 is 17.4 Å². The third-order valence-corrected chi connectivity index (χ3v) is 4.83. The van der Waals surface area contributed by atoms with Gasteiger partial charge in [-0.15, -0.1) is 0 Å². The van der Waals surface area contributed by atoms with Gasteiger partial charge in [-0.1, -0.05) is 0 Å². The molecule has 0 saturated heterocycles. The summed E-state index contributed by atoms with van der Waals surface area (Å²) >= 11 is 0. The zero-order valence-corrected chi connectivity index (χ0v) is 15.6. The highest BCUT2D eigenvalue weighted by atomic mass is 19.1. The minimum absolute atomic E-state index is 0.0447. The van der Waals surface area contributed by atoms with Gasteiger partial charge >= 0.3 is 0 Å². The van der Waals surface area contributed by atoms with Crippen LogP contribution >= 0.6 is 0 Å². The van der Waals surface area contributed by atoms with Crippen LogP contribution in [0.5, 0.6) is 11.6 Å². The number of H-pyrrole nitrogens is 1. The summed E-state index contributed by atoms with van der Waals surface area (Å²) in [7, 11) is 0. The number of halogens is 2. The number of benzene rings is 1. The van der Waals surface area contributed by atoms with Crippen LogP contribution in [0.4, 0.5) is 8.78 Å². The summed E-state index contributed by atoms with van der Waals surface area (Å²) in [6.07, 6.45) is 5.98. The minimum atomic E-state index is -0.828. The van der Waals surface area contributed by atoms with E-state index in [9.17, 15) is 13.6 Å². The van der Waals surface area contributed by atoms with Crippen molar-refractivity contribution in [3.63, 3.8) is 0 Å². The molecule has 0 spiro atoms. The lowest BCUT2D eigenvalue weighted by molar-refractivity contribution is 0.202. The average molecular weight is 402 g/mol. The summed E-state index contributed by atoms with van der Waals surface area (Å²) in [4.78, 5) is 15.3. The van der Waals surface area contributed by atoms with Crippen LogP contribution in [0.2, 0.25) is 0 Å². The first-order valence-corrected chi connectivity index (χ1v) is 9.51. The maximum Gasteiger partial charge on any atom is 0.280 e. The molecule has 2 aromatic heterocycles. The monoisotopic (exact) mass is 402 g/mol. The molecule has 1 aliphatic carbocycles. The van der Waals surface area contributed by atoms with Gasteiger partial charge in [0.15, 0.2) is 17.4 Å². The van der Waals surface area contributed by atoms with E-state index in [1.807, 2.05) is 0 Å². The molecule has 29 heavy (non-hydrogen) atoms. The molecule has 8 heteroatoms. The molecule has 6 nitrogen and oxygen atoms in total.